The maximum atomic E-state index is 11.6. The van der Waals surface area contributed by atoms with Crippen LogP contribution < -0.4 is 0 Å². The van der Waals surface area contributed by atoms with Crippen LogP contribution in [0.25, 0.3) is 0 Å². The van der Waals surface area contributed by atoms with Crippen molar-refractivity contribution in [2.45, 2.75) is 20.8 Å². The van der Waals surface area contributed by atoms with Crippen LogP contribution in [0.15, 0.2) is 12.5 Å². The van der Waals surface area contributed by atoms with E-state index in [1.54, 1.807) is 6.20 Å². The first-order chi connectivity index (χ1) is 4.83. The molecule has 1 rings (SSSR count). The summed E-state index contributed by atoms with van der Waals surface area (Å²) >= 11 is 0.144. The average Bonchev–Trinajstić information content (AvgIpc) is 2.40. The molecule has 0 aliphatic heterocycles. The van der Waals surface area contributed by atoms with Crippen LogP contribution >= 0.6 is 12.3 Å². The van der Waals surface area contributed by atoms with Gasteiger partial charge in [-0.3, -0.25) is 3.97 Å². The molecule has 0 aliphatic carbocycles. The molecule has 0 aliphatic rings. The number of rotatable bonds is 1. The SMILES string of the molecule is CC.Cc1cn(SF)cn1. The molecule has 0 radical (unpaired) electrons. The summed E-state index contributed by atoms with van der Waals surface area (Å²) in [6.45, 7) is 5.81. The maximum absolute atomic E-state index is 11.6. The van der Waals surface area contributed by atoms with E-state index in [4.69, 9.17) is 0 Å². The van der Waals surface area contributed by atoms with Crippen LogP contribution in [-0.2, 0) is 0 Å². The standard InChI is InChI=1S/C4H5FN2S.C2H6/c1-4-2-7(8-5)3-6-4;1-2/h2-3H,1H3;1-2H3. The second-order valence-electron chi connectivity index (χ2n) is 1.44. The van der Waals surface area contributed by atoms with Gasteiger partial charge in [0.2, 0.25) is 0 Å². The number of aryl methyl sites for hydroxylation is 1. The van der Waals surface area contributed by atoms with Crippen LogP contribution in [0.4, 0.5) is 3.89 Å². The normalized spacial score (nSPS) is 8.40. The summed E-state index contributed by atoms with van der Waals surface area (Å²) < 4.78 is 12.9. The van der Waals surface area contributed by atoms with Crippen molar-refractivity contribution in [1.82, 2.24) is 8.96 Å². The summed E-state index contributed by atoms with van der Waals surface area (Å²) in [5.41, 5.74) is 0.829. The molecule has 0 N–H and O–H groups in total. The summed E-state index contributed by atoms with van der Waals surface area (Å²) in [6, 6.07) is 0. The molecule has 4 heteroatoms. The molecule has 0 saturated heterocycles. The van der Waals surface area contributed by atoms with E-state index in [1.807, 2.05) is 20.8 Å². The van der Waals surface area contributed by atoms with Crippen LogP contribution in [0.1, 0.15) is 19.5 Å². The number of hydrogen-bond donors (Lipinski definition) is 0. The lowest BCUT2D eigenvalue weighted by Gasteiger charge is -1.81. The Hall–Kier alpha value is -0.510. The largest absolute Gasteiger partial charge is 0.252 e. The molecule has 1 aromatic rings. The van der Waals surface area contributed by atoms with E-state index in [0.717, 1.165) is 5.69 Å². The first-order valence-corrected chi connectivity index (χ1v) is 3.80. The number of hydrogen-bond acceptors (Lipinski definition) is 2. The van der Waals surface area contributed by atoms with Gasteiger partial charge < -0.3 is 0 Å². The van der Waals surface area contributed by atoms with E-state index in [0.29, 0.717) is 0 Å². The van der Waals surface area contributed by atoms with Gasteiger partial charge in [0.25, 0.3) is 0 Å². The maximum Gasteiger partial charge on any atom is 0.170 e. The third-order valence-corrected chi connectivity index (χ3v) is 1.13. The zero-order valence-electron chi connectivity index (χ0n) is 6.34. The van der Waals surface area contributed by atoms with Gasteiger partial charge in [-0.1, -0.05) is 13.8 Å². The van der Waals surface area contributed by atoms with Gasteiger partial charge in [0, 0.05) is 6.20 Å². The summed E-state index contributed by atoms with van der Waals surface area (Å²) in [5, 5.41) is 0. The molecular formula is C6H11FN2S. The van der Waals surface area contributed by atoms with Crippen molar-refractivity contribution in [3.8, 4) is 0 Å². The van der Waals surface area contributed by atoms with Gasteiger partial charge in [-0.15, -0.1) is 3.89 Å². The van der Waals surface area contributed by atoms with Crippen LogP contribution in [-0.4, -0.2) is 8.96 Å². The Labute approximate surface area is 64.9 Å². The number of halogens is 1. The van der Waals surface area contributed by atoms with E-state index in [2.05, 4.69) is 4.98 Å². The highest BCUT2D eigenvalue weighted by molar-refractivity contribution is 7.92. The fourth-order valence-corrected chi connectivity index (χ4v) is 0.712. The second kappa shape index (κ2) is 5.29. The quantitative estimate of drug-likeness (QED) is 0.631. The van der Waals surface area contributed by atoms with Crippen molar-refractivity contribution in [2.75, 3.05) is 0 Å². The minimum absolute atomic E-state index is 0.144. The fourth-order valence-electron chi connectivity index (χ4n) is 0.437. The summed E-state index contributed by atoms with van der Waals surface area (Å²) in [5.74, 6) is 0. The molecule has 1 aromatic heterocycles. The second-order valence-corrected chi connectivity index (χ2v) is 2.00. The lowest BCUT2D eigenvalue weighted by Crippen LogP contribution is -1.71. The molecule has 0 fully saturated rings. The zero-order chi connectivity index (χ0) is 7.98. The molecule has 0 aromatic carbocycles. The summed E-state index contributed by atoms with van der Waals surface area (Å²) in [6.07, 6.45) is 3.05. The number of aromatic nitrogens is 2. The van der Waals surface area contributed by atoms with E-state index < -0.39 is 0 Å². The van der Waals surface area contributed by atoms with Crippen LogP contribution in [0.3, 0.4) is 0 Å². The zero-order valence-corrected chi connectivity index (χ0v) is 7.15. The third-order valence-electron chi connectivity index (χ3n) is 0.769. The molecule has 2 nitrogen and oxygen atoms in total. The van der Waals surface area contributed by atoms with Gasteiger partial charge in [0.15, 0.2) is 12.3 Å². The lowest BCUT2D eigenvalue weighted by atomic mass is 10.6. The highest BCUT2D eigenvalue weighted by atomic mass is 32.2. The molecule has 0 amide bonds. The topological polar surface area (TPSA) is 17.8 Å². The Morgan fingerprint density at radius 2 is 2.20 bits per heavy atom. The van der Waals surface area contributed by atoms with Crippen molar-refractivity contribution in [1.29, 1.82) is 0 Å². The molecule has 10 heavy (non-hydrogen) atoms. The fraction of sp³-hybridized carbons (Fsp3) is 0.500. The van der Waals surface area contributed by atoms with Crippen molar-refractivity contribution >= 4 is 12.3 Å². The van der Waals surface area contributed by atoms with Gasteiger partial charge in [-0.25, -0.2) is 4.98 Å². The molecule has 0 saturated carbocycles. The predicted octanol–water partition coefficient (Wildman–Crippen LogP) is 2.60. The Morgan fingerprint density at radius 3 is 2.40 bits per heavy atom. The van der Waals surface area contributed by atoms with Crippen molar-refractivity contribution in [3.05, 3.63) is 18.2 Å². The predicted molar refractivity (Wildman–Crippen MR) is 42.4 cm³/mol. The first-order valence-electron chi connectivity index (χ1n) is 3.12. The van der Waals surface area contributed by atoms with Crippen LogP contribution in [0.2, 0.25) is 0 Å². The van der Waals surface area contributed by atoms with Gasteiger partial charge in [0.05, 0.1) is 5.69 Å². The third kappa shape index (κ3) is 2.87. The summed E-state index contributed by atoms with van der Waals surface area (Å²) in [7, 11) is 0. The smallest absolute Gasteiger partial charge is 0.170 e. The summed E-state index contributed by atoms with van der Waals surface area (Å²) in [4.78, 5) is 3.79. The van der Waals surface area contributed by atoms with Crippen molar-refractivity contribution in [3.63, 3.8) is 0 Å². The number of nitrogens with zero attached hydrogens (tertiary/aromatic N) is 2. The van der Waals surface area contributed by atoms with E-state index in [1.165, 1.54) is 10.3 Å². The van der Waals surface area contributed by atoms with Crippen molar-refractivity contribution in [2.24, 2.45) is 0 Å². The molecular weight excluding hydrogens is 151 g/mol. The Kier molecular flexibility index (Phi) is 5.02. The van der Waals surface area contributed by atoms with Gasteiger partial charge in [0.1, 0.15) is 6.33 Å². The van der Waals surface area contributed by atoms with Gasteiger partial charge in [-0.2, -0.15) is 0 Å². The van der Waals surface area contributed by atoms with E-state index in [-0.39, 0.29) is 12.3 Å². The lowest BCUT2D eigenvalue weighted by molar-refractivity contribution is 0.915. The van der Waals surface area contributed by atoms with Gasteiger partial charge in [-0.05, 0) is 6.92 Å². The molecule has 0 atom stereocenters. The molecule has 58 valence electrons. The first kappa shape index (κ1) is 9.49. The highest BCUT2D eigenvalue weighted by Crippen LogP contribution is 2.05. The van der Waals surface area contributed by atoms with Crippen LogP contribution in [0.5, 0.6) is 0 Å². The average molecular weight is 162 g/mol. The molecule has 0 spiro atoms. The minimum Gasteiger partial charge on any atom is -0.252 e. The molecule has 0 unspecified atom stereocenters. The van der Waals surface area contributed by atoms with E-state index >= 15 is 0 Å². The number of imidazole rings is 1. The monoisotopic (exact) mass is 162 g/mol. The van der Waals surface area contributed by atoms with Crippen molar-refractivity contribution < 1.29 is 3.89 Å². The molecule has 1 heterocycles. The highest BCUT2D eigenvalue weighted by Gasteiger charge is 1.89. The Balaban J connectivity index is 0.000000371. The Bertz CT molecular complexity index is 176. The minimum atomic E-state index is 0.144. The van der Waals surface area contributed by atoms with Crippen LogP contribution in [0, 0.1) is 6.92 Å². The molecule has 0 bridgehead atoms. The van der Waals surface area contributed by atoms with Gasteiger partial charge >= 0.3 is 0 Å². The Morgan fingerprint density at radius 1 is 1.60 bits per heavy atom. The van der Waals surface area contributed by atoms with E-state index in [9.17, 15) is 3.89 Å².